The van der Waals surface area contributed by atoms with Crippen molar-refractivity contribution in [3.8, 4) is 23.2 Å². The van der Waals surface area contributed by atoms with E-state index >= 15 is 0 Å². The maximum atomic E-state index is 13.4. The van der Waals surface area contributed by atoms with E-state index in [1.165, 1.54) is 12.5 Å². The van der Waals surface area contributed by atoms with Crippen LogP contribution in [-0.4, -0.2) is 47.8 Å². The predicted molar refractivity (Wildman–Crippen MR) is 134 cm³/mol. The van der Waals surface area contributed by atoms with Crippen molar-refractivity contribution >= 4 is 5.91 Å². The normalized spacial score (nSPS) is 12.9. The molecule has 5 aromatic rings. The molecule has 0 aliphatic carbocycles. The van der Waals surface area contributed by atoms with Crippen LogP contribution in [0, 0.1) is 0 Å². The van der Waals surface area contributed by atoms with Gasteiger partial charge in [-0.05, 0) is 37.1 Å². The minimum absolute atomic E-state index is 0.134. The van der Waals surface area contributed by atoms with Crippen LogP contribution in [0.4, 0.5) is 0 Å². The largest absolute Gasteiger partial charge is 0.443 e. The van der Waals surface area contributed by atoms with Gasteiger partial charge in [0.25, 0.3) is 11.8 Å². The summed E-state index contributed by atoms with van der Waals surface area (Å²) in [7, 11) is 3.53. The number of carbonyl (C=O) groups is 1. The highest BCUT2D eigenvalue weighted by Crippen LogP contribution is 2.28. The van der Waals surface area contributed by atoms with Gasteiger partial charge in [-0.15, -0.1) is 10.2 Å². The summed E-state index contributed by atoms with van der Waals surface area (Å²) in [5, 5.41) is 12.7. The first-order valence-electron chi connectivity index (χ1n) is 11.6. The number of carbonyl (C=O) groups excluding carboxylic acids is 1. The molecule has 1 amide bonds. The second-order valence-electron chi connectivity index (χ2n) is 9.10. The second kappa shape index (κ2) is 9.78. The van der Waals surface area contributed by atoms with E-state index in [4.69, 9.17) is 14.6 Å². The van der Waals surface area contributed by atoms with Crippen molar-refractivity contribution < 1.29 is 13.6 Å². The molecule has 0 aliphatic heterocycles. The fraction of sp³-hybridized carbons (Fsp3) is 0.231. The molecule has 1 atom stereocenters. The van der Waals surface area contributed by atoms with Gasteiger partial charge in [-0.3, -0.25) is 9.48 Å². The molecule has 0 radical (unpaired) electrons. The van der Waals surface area contributed by atoms with Gasteiger partial charge >= 0.3 is 0 Å². The molecule has 11 heteroatoms. The lowest BCUT2D eigenvalue weighted by Crippen LogP contribution is -2.35. The van der Waals surface area contributed by atoms with Gasteiger partial charge in [-0.25, -0.2) is 9.97 Å². The Bertz CT molecular complexity index is 1510. The zero-order valence-corrected chi connectivity index (χ0v) is 20.7. The van der Waals surface area contributed by atoms with E-state index < -0.39 is 5.54 Å². The lowest BCUT2D eigenvalue weighted by atomic mass is 9.94. The molecule has 0 fully saturated rings. The maximum absolute atomic E-state index is 13.4. The van der Waals surface area contributed by atoms with E-state index in [0.717, 1.165) is 11.3 Å². The van der Waals surface area contributed by atoms with E-state index in [2.05, 4.69) is 25.3 Å². The van der Waals surface area contributed by atoms with Gasteiger partial charge in [0, 0.05) is 25.9 Å². The van der Waals surface area contributed by atoms with Crippen molar-refractivity contribution in [2.75, 3.05) is 7.05 Å². The van der Waals surface area contributed by atoms with Crippen LogP contribution in [-0.2, 0) is 25.6 Å². The summed E-state index contributed by atoms with van der Waals surface area (Å²) in [6.45, 7) is 2.16. The van der Waals surface area contributed by atoms with Crippen molar-refractivity contribution in [3.05, 3.63) is 89.9 Å². The van der Waals surface area contributed by atoms with Crippen molar-refractivity contribution in [1.82, 2.24) is 34.8 Å². The summed E-state index contributed by atoms with van der Waals surface area (Å²) in [6.07, 6.45) is 5.27. The van der Waals surface area contributed by atoms with Crippen molar-refractivity contribution in [1.29, 1.82) is 0 Å². The molecule has 37 heavy (non-hydrogen) atoms. The molecular formula is C26H26N8O3. The summed E-state index contributed by atoms with van der Waals surface area (Å²) >= 11 is 0. The molecule has 0 saturated carbocycles. The van der Waals surface area contributed by atoms with Gasteiger partial charge in [0.15, 0.2) is 0 Å². The van der Waals surface area contributed by atoms with E-state index in [0.29, 0.717) is 29.9 Å². The number of benzene rings is 1. The van der Waals surface area contributed by atoms with Gasteiger partial charge in [0.1, 0.15) is 17.7 Å². The topological polar surface area (TPSA) is 142 Å². The number of nitrogens with two attached hydrogens (primary N) is 1. The minimum Gasteiger partial charge on any atom is -0.443 e. The van der Waals surface area contributed by atoms with Gasteiger partial charge < -0.3 is 19.5 Å². The SMILES string of the molecule is CN(Cc1ccn(C)n1)C(=O)c1cc(-c2ncco2)nc(-c2nnc([C@](C)(N)Cc3ccccc3)o2)c1. The average molecular weight is 499 g/mol. The van der Waals surface area contributed by atoms with E-state index in [1.54, 1.807) is 28.8 Å². The van der Waals surface area contributed by atoms with Crippen LogP contribution >= 0.6 is 0 Å². The Morgan fingerprint density at radius 3 is 2.54 bits per heavy atom. The number of pyridine rings is 1. The molecule has 4 aromatic heterocycles. The molecule has 0 unspecified atom stereocenters. The monoisotopic (exact) mass is 498 g/mol. The zero-order valence-electron chi connectivity index (χ0n) is 20.7. The molecule has 5 rings (SSSR count). The number of rotatable bonds is 8. The number of hydrogen-bond donors (Lipinski definition) is 1. The first kappa shape index (κ1) is 24.1. The molecule has 0 spiro atoms. The Morgan fingerprint density at radius 1 is 1.11 bits per heavy atom. The van der Waals surface area contributed by atoms with E-state index in [-0.39, 0.29) is 23.6 Å². The maximum Gasteiger partial charge on any atom is 0.266 e. The molecule has 0 saturated heterocycles. The Balaban J connectivity index is 1.47. The van der Waals surface area contributed by atoms with Crippen LogP contribution in [0.1, 0.15) is 34.4 Å². The fourth-order valence-corrected chi connectivity index (χ4v) is 3.96. The molecule has 11 nitrogen and oxygen atoms in total. The van der Waals surface area contributed by atoms with Crippen LogP contribution in [0.15, 0.2) is 76.0 Å². The highest BCUT2D eigenvalue weighted by molar-refractivity contribution is 5.95. The standard InChI is InChI=1S/C26H26N8O3/c1-26(27,15-17-7-5-4-6-8-17)25-31-30-23(37-25)21-14-18(13-20(29-21)22-28-10-12-36-22)24(35)33(2)16-19-9-11-34(3)32-19/h4-14H,15-16,27H2,1-3H3/t26-/m1/s1. The number of amides is 1. The number of oxazole rings is 1. The lowest BCUT2D eigenvalue weighted by Gasteiger charge is -2.20. The number of hydrogen-bond acceptors (Lipinski definition) is 9. The summed E-state index contributed by atoms with van der Waals surface area (Å²) < 4.78 is 13.1. The quantitative estimate of drug-likeness (QED) is 0.341. The summed E-state index contributed by atoms with van der Waals surface area (Å²) in [6, 6.07) is 14.9. The van der Waals surface area contributed by atoms with Crippen molar-refractivity contribution in [2.24, 2.45) is 12.8 Å². The minimum atomic E-state index is -0.908. The molecule has 1 aromatic carbocycles. The van der Waals surface area contributed by atoms with E-state index in [9.17, 15) is 4.79 Å². The third-order valence-electron chi connectivity index (χ3n) is 5.79. The van der Waals surface area contributed by atoms with Crippen LogP contribution < -0.4 is 5.73 Å². The summed E-state index contributed by atoms with van der Waals surface area (Å²) in [5.41, 5.74) is 8.47. The smallest absolute Gasteiger partial charge is 0.266 e. The first-order chi connectivity index (χ1) is 17.8. The molecule has 4 heterocycles. The Hall–Kier alpha value is -4.64. The first-order valence-corrected chi connectivity index (χ1v) is 11.6. The van der Waals surface area contributed by atoms with Gasteiger partial charge in [0.05, 0.1) is 24.0 Å². The predicted octanol–water partition coefficient (Wildman–Crippen LogP) is 3.21. The number of aryl methyl sites for hydroxylation is 1. The second-order valence-corrected chi connectivity index (χ2v) is 9.10. The van der Waals surface area contributed by atoms with Crippen LogP contribution in [0.3, 0.4) is 0 Å². The molecular weight excluding hydrogens is 472 g/mol. The zero-order chi connectivity index (χ0) is 26.0. The summed E-state index contributed by atoms with van der Waals surface area (Å²) in [5.74, 6) is 0.412. The summed E-state index contributed by atoms with van der Waals surface area (Å²) in [4.78, 5) is 23.7. The Labute approximate surface area is 213 Å². The Morgan fingerprint density at radius 2 is 1.86 bits per heavy atom. The van der Waals surface area contributed by atoms with Gasteiger partial charge in [-0.2, -0.15) is 5.10 Å². The van der Waals surface area contributed by atoms with Crippen LogP contribution in [0.2, 0.25) is 0 Å². The Kier molecular flexibility index (Phi) is 6.36. The van der Waals surface area contributed by atoms with Crippen molar-refractivity contribution in [3.63, 3.8) is 0 Å². The van der Waals surface area contributed by atoms with Gasteiger partial charge in [0.2, 0.25) is 11.8 Å². The molecule has 0 bridgehead atoms. The molecule has 0 aliphatic rings. The van der Waals surface area contributed by atoms with E-state index in [1.807, 2.05) is 56.6 Å². The highest BCUT2D eigenvalue weighted by Gasteiger charge is 2.29. The van der Waals surface area contributed by atoms with Gasteiger partial charge in [-0.1, -0.05) is 30.3 Å². The highest BCUT2D eigenvalue weighted by atomic mass is 16.4. The van der Waals surface area contributed by atoms with Crippen LogP contribution in [0.25, 0.3) is 23.2 Å². The fourth-order valence-electron chi connectivity index (χ4n) is 3.96. The molecule has 2 N–H and O–H groups in total. The third kappa shape index (κ3) is 5.31. The third-order valence-corrected chi connectivity index (χ3v) is 5.79. The van der Waals surface area contributed by atoms with Crippen LogP contribution in [0.5, 0.6) is 0 Å². The lowest BCUT2D eigenvalue weighted by molar-refractivity contribution is 0.0783. The van der Waals surface area contributed by atoms with Crippen molar-refractivity contribution in [2.45, 2.75) is 25.4 Å². The average Bonchev–Trinajstić information content (AvgIpc) is 3.66. The molecule has 188 valence electrons. The number of aromatic nitrogens is 6. The number of nitrogens with zero attached hydrogens (tertiary/aromatic N) is 7.